The SMILES string of the molecule is CCOC(=O)c1c(NC(=O)CCCOc2ccc(Cl)cc2)sc(C)c1-c1ccc(Cl)cc1. The largest absolute Gasteiger partial charge is 0.494 e. The minimum atomic E-state index is -0.469. The molecule has 32 heavy (non-hydrogen) atoms. The standard InChI is InChI=1S/C24H23Cl2NO4S/c1-3-30-24(29)22-21(16-6-8-17(25)9-7-16)15(2)32-23(22)27-20(28)5-4-14-31-19-12-10-18(26)11-13-19/h6-13H,3-5,14H2,1-2H3,(H,27,28). The maximum Gasteiger partial charge on any atom is 0.341 e. The number of hydrogen-bond donors (Lipinski definition) is 1. The number of carbonyl (C=O) groups is 2. The summed E-state index contributed by atoms with van der Waals surface area (Å²) < 4.78 is 10.9. The summed E-state index contributed by atoms with van der Waals surface area (Å²) in [5.41, 5.74) is 1.94. The van der Waals surface area contributed by atoms with Gasteiger partial charge in [-0.3, -0.25) is 4.79 Å². The van der Waals surface area contributed by atoms with Crippen molar-refractivity contribution in [3.8, 4) is 16.9 Å². The lowest BCUT2D eigenvalue weighted by Crippen LogP contribution is -2.15. The van der Waals surface area contributed by atoms with Gasteiger partial charge in [-0.05, 0) is 62.2 Å². The van der Waals surface area contributed by atoms with E-state index in [0.717, 1.165) is 16.0 Å². The van der Waals surface area contributed by atoms with Gasteiger partial charge in [0.05, 0.1) is 13.2 Å². The molecule has 0 aliphatic heterocycles. The van der Waals surface area contributed by atoms with Crippen molar-refractivity contribution in [3.05, 3.63) is 69.0 Å². The fraction of sp³-hybridized carbons (Fsp3) is 0.250. The van der Waals surface area contributed by atoms with Crippen LogP contribution < -0.4 is 10.1 Å². The molecule has 8 heteroatoms. The monoisotopic (exact) mass is 491 g/mol. The van der Waals surface area contributed by atoms with Crippen molar-refractivity contribution < 1.29 is 19.1 Å². The fourth-order valence-corrected chi connectivity index (χ4v) is 4.47. The Balaban J connectivity index is 1.70. The lowest BCUT2D eigenvalue weighted by molar-refractivity contribution is -0.116. The smallest absolute Gasteiger partial charge is 0.341 e. The van der Waals surface area contributed by atoms with Gasteiger partial charge < -0.3 is 14.8 Å². The molecule has 0 radical (unpaired) electrons. The van der Waals surface area contributed by atoms with Crippen molar-refractivity contribution in [1.29, 1.82) is 0 Å². The van der Waals surface area contributed by atoms with Crippen molar-refractivity contribution in [2.75, 3.05) is 18.5 Å². The Labute approximate surface area is 201 Å². The van der Waals surface area contributed by atoms with E-state index >= 15 is 0 Å². The van der Waals surface area contributed by atoms with E-state index in [2.05, 4.69) is 5.32 Å². The highest BCUT2D eigenvalue weighted by Gasteiger charge is 2.25. The van der Waals surface area contributed by atoms with Crippen LogP contribution in [0.4, 0.5) is 5.00 Å². The zero-order valence-electron chi connectivity index (χ0n) is 17.7. The van der Waals surface area contributed by atoms with Gasteiger partial charge in [-0.2, -0.15) is 0 Å². The lowest BCUT2D eigenvalue weighted by atomic mass is 10.0. The third-order valence-electron chi connectivity index (χ3n) is 4.58. The lowest BCUT2D eigenvalue weighted by Gasteiger charge is -2.10. The van der Waals surface area contributed by atoms with Gasteiger partial charge in [0.1, 0.15) is 16.3 Å². The molecule has 3 rings (SSSR count). The number of nitrogens with one attached hydrogen (secondary N) is 1. The quantitative estimate of drug-likeness (QED) is 0.258. The van der Waals surface area contributed by atoms with Gasteiger partial charge in [-0.25, -0.2) is 4.79 Å². The predicted molar refractivity (Wildman–Crippen MR) is 130 cm³/mol. The first-order valence-electron chi connectivity index (χ1n) is 10.1. The average Bonchev–Trinajstić information content (AvgIpc) is 3.08. The van der Waals surface area contributed by atoms with Gasteiger partial charge in [0, 0.05) is 26.9 Å². The molecule has 0 spiro atoms. The third-order valence-corrected chi connectivity index (χ3v) is 6.10. The minimum Gasteiger partial charge on any atom is -0.494 e. The van der Waals surface area contributed by atoms with Crippen molar-refractivity contribution in [2.45, 2.75) is 26.7 Å². The van der Waals surface area contributed by atoms with Crippen LogP contribution in [0.3, 0.4) is 0 Å². The molecule has 0 bridgehead atoms. The second-order valence-electron chi connectivity index (χ2n) is 6.92. The number of halogens is 2. The maximum atomic E-state index is 12.7. The number of anilines is 1. The van der Waals surface area contributed by atoms with Crippen LogP contribution in [0.1, 0.15) is 35.0 Å². The first-order valence-corrected chi connectivity index (χ1v) is 11.7. The minimum absolute atomic E-state index is 0.195. The number of rotatable bonds is 9. The highest BCUT2D eigenvalue weighted by atomic mass is 35.5. The third kappa shape index (κ3) is 6.25. The van der Waals surface area contributed by atoms with E-state index in [1.165, 1.54) is 11.3 Å². The number of benzene rings is 2. The van der Waals surface area contributed by atoms with Crippen molar-refractivity contribution in [2.24, 2.45) is 0 Å². The van der Waals surface area contributed by atoms with E-state index < -0.39 is 5.97 Å². The van der Waals surface area contributed by atoms with Crippen LogP contribution in [-0.2, 0) is 9.53 Å². The van der Waals surface area contributed by atoms with Gasteiger partial charge in [-0.15, -0.1) is 11.3 Å². The van der Waals surface area contributed by atoms with Gasteiger partial charge in [-0.1, -0.05) is 35.3 Å². The highest BCUT2D eigenvalue weighted by molar-refractivity contribution is 7.17. The molecule has 0 aliphatic rings. The van der Waals surface area contributed by atoms with Gasteiger partial charge >= 0.3 is 5.97 Å². The first-order chi connectivity index (χ1) is 15.4. The second kappa shape index (κ2) is 11.4. The molecule has 168 valence electrons. The van der Waals surface area contributed by atoms with Crippen molar-refractivity contribution in [3.63, 3.8) is 0 Å². The van der Waals surface area contributed by atoms with Gasteiger partial charge in [0.15, 0.2) is 0 Å². The fourth-order valence-electron chi connectivity index (χ4n) is 3.14. The molecule has 1 N–H and O–H groups in total. The van der Waals surface area contributed by atoms with Crippen LogP contribution in [0, 0.1) is 6.92 Å². The summed E-state index contributed by atoms with van der Waals surface area (Å²) in [6, 6.07) is 14.3. The van der Waals surface area contributed by atoms with Crippen LogP contribution in [0.25, 0.3) is 11.1 Å². The number of carbonyl (C=O) groups excluding carboxylic acids is 2. The van der Waals surface area contributed by atoms with E-state index in [4.69, 9.17) is 32.7 Å². The summed E-state index contributed by atoms with van der Waals surface area (Å²) >= 11 is 13.2. The van der Waals surface area contributed by atoms with E-state index in [9.17, 15) is 9.59 Å². The summed E-state index contributed by atoms with van der Waals surface area (Å²) in [6.45, 7) is 4.29. The molecule has 0 saturated heterocycles. The zero-order valence-corrected chi connectivity index (χ0v) is 20.1. The Kier molecular flexibility index (Phi) is 8.56. The molecule has 0 unspecified atom stereocenters. The summed E-state index contributed by atoms with van der Waals surface area (Å²) in [4.78, 5) is 26.2. The first kappa shape index (κ1) is 24.1. The van der Waals surface area contributed by atoms with Crippen molar-refractivity contribution >= 4 is 51.4 Å². The number of aryl methyl sites for hydroxylation is 1. The van der Waals surface area contributed by atoms with Gasteiger partial charge in [0.2, 0.25) is 5.91 Å². The van der Waals surface area contributed by atoms with Crippen LogP contribution in [0.5, 0.6) is 5.75 Å². The van der Waals surface area contributed by atoms with E-state index in [-0.39, 0.29) is 18.9 Å². The molecule has 0 atom stereocenters. The summed E-state index contributed by atoms with van der Waals surface area (Å²) in [5, 5.41) is 4.60. The Bertz CT molecular complexity index is 1080. The van der Waals surface area contributed by atoms with Crippen LogP contribution in [0.2, 0.25) is 10.0 Å². The summed E-state index contributed by atoms with van der Waals surface area (Å²) in [7, 11) is 0. The average molecular weight is 492 g/mol. The number of hydrogen-bond acceptors (Lipinski definition) is 5. The molecule has 2 aromatic carbocycles. The molecule has 0 fully saturated rings. The predicted octanol–water partition coefficient (Wildman–Crippen LogP) is 7.00. The van der Waals surface area contributed by atoms with Crippen LogP contribution in [0.15, 0.2) is 48.5 Å². The molecule has 1 amide bonds. The van der Waals surface area contributed by atoms with E-state index in [1.807, 2.05) is 19.1 Å². The molecule has 0 aliphatic carbocycles. The zero-order chi connectivity index (χ0) is 23.1. The molecular weight excluding hydrogens is 469 g/mol. The molecule has 0 saturated carbocycles. The Hall–Kier alpha value is -2.54. The molecule has 3 aromatic rings. The Morgan fingerprint density at radius 3 is 2.25 bits per heavy atom. The molecular formula is C24H23Cl2NO4S. The molecule has 5 nitrogen and oxygen atoms in total. The number of thiophene rings is 1. The topological polar surface area (TPSA) is 64.6 Å². The number of ether oxygens (including phenoxy) is 2. The van der Waals surface area contributed by atoms with Crippen LogP contribution in [-0.4, -0.2) is 25.1 Å². The number of esters is 1. The van der Waals surface area contributed by atoms with Crippen LogP contribution >= 0.6 is 34.5 Å². The van der Waals surface area contributed by atoms with E-state index in [0.29, 0.717) is 39.4 Å². The molecule has 1 aromatic heterocycles. The summed E-state index contributed by atoms with van der Waals surface area (Å²) in [5.74, 6) is 0.0308. The Morgan fingerprint density at radius 2 is 1.62 bits per heavy atom. The maximum absolute atomic E-state index is 12.7. The molecule has 1 heterocycles. The van der Waals surface area contributed by atoms with Crippen molar-refractivity contribution in [1.82, 2.24) is 0 Å². The normalized spacial score (nSPS) is 10.6. The number of amides is 1. The second-order valence-corrected chi connectivity index (χ2v) is 9.02. The Morgan fingerprint density at radius 1 is 1.00 bits per heavy atom. The van der Waals surface area contributed by atoms with Gasteiger partial charge in [0.25, 0.3) is 0 Å². The van der Waals surface area contributed by atoms with E-state index in [1.54, 1.807) is 43.3 Å². The summed E-state index contributed by atoms with van der Waals surface area (Å²) in [6.07, 6.45) is 0.778. The highest BCUT2D eigenvalue weighted by Crippen LogP contribution is 2.40.